The van der Waals surface area contributed by atoms with Gasteiger partial charge in [-0.3, -0.25) is 4.98 Å². The summed E-state index contributed by atoms with van der Waals surface area (Å²) in [5.41, 5.74) is 1.14. The van der Waals surface area contributed by atoms with Gasteiger partial charge in [0.1, 0.15) is 0 Å². The molecule has 2 aromatic rings. The standard InChI is InChI=1S/C15H15Br2NO2/c16-13-3-1-2-12(5-13)15(9-19,10-20)6-11-4-14(17)8-18-7-11/h1-5,7-8,19-20H,6,9-10H2. The van der Waals surface area contributed by atoms with Crippen LogP contribution < -0.4 is 0 Å². The van der Waals surface area contributed by atoms with E-state index in [1.807, 2.05) is 30.3 Å². The quantitative estimate of drug-likeness (QED) is 0.810. The van der Waals surface area contributed by atoms with Gasteiger partial charge < -0.3 is 10.2 Å². The van der Waals surface area contributed by atoms with Gasteiger partial charge in [-0.1, -0.05) is 28.1 Å². The van der Waals surface area contributed by atoms with Gasteiger partial charge in [0.25, 0.3) is 0 Å². The number of aliphatic hydroxyl groups excluding tert-OH is 2. The van der Waals surface area contributed by atoms with E-state index in [9.17, 15) is 10.2 Å². The van der Waals surface area contributed by atoms with Crippen LogP contribution in [0.4, 0.5) is 0 Å². The number of aromatic nitrogens is 1. The molecule has 0 saturated carbocycles. The Morgan fingerprint density at radius 2 is 1.75 bits per heavy atom. The molecule has 2 rings (SSSR count). The minimum atomic E-state index is -0.716. The normalized spacial score (nSPS) is 11.6. The van der Waals surface area contributed by atoms with Crippen LogP contribution in [0.15, 0.2) is 51.7 Å². The first kappa shape index (κ1) is 15.6. The van der Waals surface area contributed by atoms with Gasteiger partial charge in [0.05, 0.1) is 13.2 Å². The van der Waals surface area contributed by atoms with Gasteiger partial charge in [0.2, 0.25) is 0 Å². The van der Waals surface area contributed by atoms with Gasteiger partial charge in [0.15, 0.2) is 0 Å². The molecule has 0 radical (unpaired) electrons. The first-order valence-electron chi connectivity index (χ1n) is 6.17. The molecule has 2 N–H and O–H groups in total. The monoisotopic (exact) mass is 399 g/mol. The van der Waals surface area contributed by atoms with E-state index >= 15 is 0 Å². The second kappa shape index (κ2) is 6.80. The van der Waals surface area contributed by atoms with E-state index in [4.69, 9.17) is 0 Å². The average molecular weight is 401 g/mol. The fourth-order valence-corrected chi connectivity index (χ4v) is 3.02. The minimum absolute atomic E-state index is 0.132. The van der Waals surface area contributed by atoms with E-state index in [1.165, 1.54) is 0 Å². The fourth-order valence-electron chi connectivity index (χ4n) is 2.21. The van der Waals surface area contributed by atoms with Gasteiger partial charge >= 0.3 is 0 Å². The molecule has 0 aliphatic carbocycles. The van der Waals surface area contributed by atoms with Crippen molar-refractivity contribution in [3.05, 3.63) is 62.8 Å². The summed E-state index contributed by atoms with van der Waals surface area (Å²) in [5.74, 6) is 0. The Bertz CT molecular complexity index is 586. The molecule has 0 unspecified atom stereocenters. The Morgan fingerprint density at radius 3 is 2.35 bits per heavy atom. The lowest BCUT2D eigenvalue weighted by Crippen LogP contribution is -2.37. The van der Waals surface area contributed by atoms with Crippen molar-refractivity contribution in [1.82, 2.24) is 4.98 Å². The predicted molar refractivity (Wildman–Crippen MR) is 85.6 cm³/mol. The van der Waals surface area contributed by atoms with Gasteiger partial charge in [-0.05, 0) is 51.7 Å². The first-order valence-corrected chi connectivity index (χ1v) is 7.75. The third-order valence-electron chi connectivity index (χ3n) is 3.35. The largest absolute Gasteiger partial charge is 0.395 e. The molecular weight excluding hydrogens is 386 g/mol. The van der Waals surface area contributed by atoms with Crippen LogP contribution in [0.1, 0.15) is 11.1 Å². The van der Waals surface area contributed by atoms with Crippen molar-refractivity contribution in [2.45, 2.75) is 11.8 Å². The number of hydrogen-bond donors (Lipinski definition) is 2. The Labute approximate surface area is 134 Å². The van der Waals surface area contributed by atoms with Gasteiger partial charge in [0, 0.05) is 26.8 Å². The van der Waals surface area contributed by atoms with Crippen LogP contribution in [0.5, 0.6) is 0 Å². The summed E-state index contributed by atoms with van der Waals surface area (Å²) in [6.45, 7) is -0.265. The lowest BCUT2D eigenvalue weighted by molar-refractivity contribution is 0.116. The molecule has 1 aromatic heterocycles. The second-order valence-electron chi connectivity index (χ2n) is 4.80. The third kappa shape index (κ3) is 3.47. The maximum atomic E-state index is 9.84. The van der Waals surface area contributed by atoms with Crippen molar-refractivity contribution in [2.75, 3.05) is 13.2 Å². The highest BCUT2D eigenvalue weighted by molar-refractivity contribution is 9.10. The number of benzene rings is 1. The van der Waals surface area contributed by atoms with E-state index in [2.05, 4.69) is 36.8 Å². The highest BCUT2D eigenvalue weighted by Crippen LogP contribution is 2.30. The molecule has 3 nitrogen and oxygen atoms in total. The summed E-state index contributed by atoms with van der Waals surface area (Å²) >= 11 is 6.81. The van der Waals surface area contributed by atoms with Crippen molar-refractivity contribution in [3.63, 3.8) is 0 Å². The molecule has 0 fully saturated rings. The summed E-state index contributed by atoms with van der Waals surface area (Å²) in [5, 5.41) is 19.7. The number of rotatable bonds is 5. The molecule has 0 aliphatic heterocycles. The SMILES string of the molecule is OCC(CO)(Cc1cncc(Br)c1)c1cccc(Br)c1. The molecule has 106 valence electrons. The number of nitrogens with zero attached hydrogens (tertiary/aromatic N) is 1. The van der Waals surface area contributed by atoms with Crippen LogP contribution in [-0.2, 0) is 11.8 Å². The molecule has 0 aliphatic rings. The molecule has 1 heterocycles. The van der Waals surface area contributed by atoms with Gasteiger partial charge in [-0.2, -0.15) is 0 Å². The van der Waals surface area contributed by atoms with Crippen molar-refractivity contribution in [1.29, 1.82) is 0 Å². The predicted octanol–water partition coefficient (Wildman–Crippen LogP) is 3.07. The summed E-state index contributed by atoms with van der Waals surface area (Å²) in [6.07, 6.45) is 3.98. The summed E-state index contributed by atoms with van der Waals surface area (Å²) < 4.78 is 1.81. The maximum absolute atomic E-state index is 9.84. The zero-order valence-electron chi connectivity index (χ0n) is 10.8. The minimum Gasteiger partial charge on any atom is -0.395 e. The second-order valence-corrected chi connectivity index (χ2v) is 6.63. The molecule has 0 atom stereocenters. The summed E-state index contributed by atoms with van der Waals surface area (Å²) in [7, 11) is 0. The number of pyridine rings is 1. The Morgan fingerprint density at radius 1 is 1.00 bits per heavy atom. The van der Waals surface area contributed by atoms with Crippen LogP contribution in [0.3, 0.4) is 0 Å². The zero-order valence-corrected chi connectivity index (χ0v) is 13.9. The number of hydrogen-bond acceptors (Lipinski definition) is 3. The molecule has 1 aromatic carbocycles. The van der Waals surface area contributed by atoms with Crippen LogP contribution in [0, 0.1) is 0 Å². The molecule has 0 spiro atoms. The zero-order chi connectivity index (χ0) is 14.6. The van der Waals surface area contributed by atoms with Crippen LogP contribution >= 0.6 is 31.9 Å². The molecule has 0 bridgehead atoms. The maximum Gasteiger partial charge on any atom is 0.0553 e. The van der Waals surface area contributed by atoms with E-state index < -0.39 is 5.41 Å². The average Bonchev–Trinajstić information content (AvgIpc) is 2.45. The lowest BCUT2D eigenvalue weighted by Gasteiger charge is -2.30. The molecule has 5 heteroatoms. The van der Waals surface area contributed by atoms with E-state index in [0.717, 1.165) is 20.1 Å². The summed E-state index contributed by atoms with van der Waals surface area (Å²) in [4.78, 5) is 4.13. The van der Waals surface area contributed by atoms with E-state index in [0.29, 0.717) is 6.42 Å². The van der Waals surface area contributed by atoms with Gasteiger partial charge in [-0.15, -0.1) is 0 Å². The number of aliphatic hydroxyl groups is 2. The van der Waals surface area contributed by atoms with Crippen LogP contribution in [0.2, 0.25) is 0 Å². The molecular formula is C15H15Br2NO2. The topological polar surface area (TPSA) is 53.4 Å². The van der Waals surface area contributed by atoms with Gasteiger partial charge in [-0.25, -0.2) is 0 Å². The van der Waals surface area contributed by atoms with E-state index in [-0.39, 0.29) is 13.2 Å². The van der Waals surface area contributed by atoms with Crippen molar-refractivity contribution in [3.8, 4) is 0 Å². The molecule has 0 amide bonds. The highest BCUT2D eigenvalue weighted by atomic mass is 79.9. The van der Waals surface area contributed by atoms with Crippen molar-refractivity contribution < 1.29 is 10.2 Å². The van der Waals surface area contributed by atoms with Crippen molar-refractivity contribution >= 4 is 31.9 Å². The smallest absolute Gasteiger partial charge is 0.0553 e. The van der Waals surface area contributed by atoms with Crippen LogP contribution in [-0.4, -0.2) is 28.4 Å². The van der Waals surface area contributed by atoms with Crippen molar-refractivity contribution in [2.24, 2.45) is 0 Å². The Kier molecular flexibility index (Phi) is 5.32. The Balaban J connectivity index is 2.39. The van der Waals surface area contributed by atoms with E-state index in [1.54, 1.807) is 12.4 Å². The first-order chi connectivity index (χ1) is 9.59. The molecule has 0 saturated heterocycles. The lowest BCUT2D eigenvalue weighted by atomic mass is 9.77. The van der Waals surface area contributed by atoms with Crippen LogP contribution in [0.25, 0.3) is 0 Å². The third-order valence-corrected chi connectivity index (χ3v) is 4.27. The fraction of sp³-hybridized carbons (Fsp3) is 0.267. The Hall–Kier alpha value is -0.750. The molecule has 20 heavy (non-hydrogen) atoms. The number of halogens is 2. The highest BCUT2D eigenvalue weighted by Gasteiger charge is 2.31. The summed E-state index contributed by atoms with van der Waals surface area (Å²) in [6, 6.07) is 9.62.